The SMILES string of the molecule is CC1=C2CCC2C1CO. The molecule has 2 aliphatic rings. The van der Waals surface area contributed by atoms with Gasteiger partial charge in [-0.25, -0.2) is 0 Å². The molecule has 0 aromatic carbocycles. The quantitative estimate of drug-likeness (QED) is 0.523. The third-order valence-electron chi connectivity index (χ3n) is 2.92. The molecule has 0 heterocycles. The molecule has 2 unspecified atom stereocenters. The van der Waals surface area contributed by atoms with E-state index in [0.29, 0.717) is 12.5 Å². The van der Waals surface area contributed by atoms with E-state index >= 15 is 0 Å². The van der Waals surface area contributed by atoms with E-state index in [9.17, 15) is 0 Å². The maximum absolute atomic E-state index is 8.84. The molecule has 1 N–H and O–H groups in total. The van der Waals surface area contributed by atoms with Crippen LogP contribution in [0.3, 0.4) is 0 Å². The maximum Gasteiger partial charge on any atom is 0.0502 e. The fourth-order valence-electron chi connectivity index (χ4n) is 2.10. The Morgan fingerprint density at radius 3 is 2.67 bits per heavy atom. The van der Waals surface area contributed by atoms with E-state index in [2.05, 4.69) is 6.92 Å². The summed E-state index contributed by atoms with van der Waals surface area (Å²) in [7, 11) is 0. The van der Waals surface area contributed by atoms with E-state index in [0.717, 1.165) is 5.92 Å². The summed E-state index contributed by atoms with van der Waals surface area (Å²) < 4.78 is 0. The summed E-state index contributed by atoms with van der Waals surface area (Å²) in [5.74, 6) is 1.35. The average Bonchev–Trinajstić information content (AvgIpc) is 1.79. The molecule has 0 spiro atoms. The summed E-state index contributed by atoms with van der Waals surface area (Å²) in [5.41, 5.74) is 3.13. The van der Waals surface area contributed by atoms with Crippen LogP contribution >= 0.6 is 0 Å². The number of fused-ring (bicyclic) bond motifs is 1. The third-order valence-corrected chi connectivity index (χ3v) is 2.92. The van der Waals surface area contributed by atoms with Gasteiger partial charge in [0.2, 0.25) is 0 Å². The lowest BCUT2D eigenvalue weighted by atomic mass is 9.58. The van der Waals surface area contributed by atoms with E-state index in [1.807, 2.05) is 0 Å². The van der Waals surface area contributed by atoms with Crippen molar-refractivity contribution in [1.29, 1.82) is 0 Å². The number of rotatable bonds is 1. The van der Waals surface area contributed by atoms with Crippen LogP contribution in [0.4, 0.5) is 0 Å². The highest BCUT2D eigenvalue weighted by Gasteiger charge is 2.42. The van der Waals surface area contributed by atoms with Gasteiger partial charge >= 0.3 is 0 Å². The molecule has 2 rings (SSSR count). The summed E-state index contributed by atoms with van der Waals surface area (Å²) in [5, 5.41) is 8.84. The Kier molecular flexibility index (Phi) is 0.974. The molecule has 0 bridgehead atoms. The lowest BCUT2D eigenvalue weighted by Gasteiger charge is -2.48. The van der Waals surface area contributed by atoms with E-state index in [1.54, 1.807) is 5.57 Å². The second-order valence-electron chi connectivity index (χ2n) is 3.14. The Bertz CT molecular complexity index is 169. The molecule has 0 saturated heterocycles. The van der Waals surface area contributed by atoms with Gasteiger partial charge in [0.25, 0.3) is 0 Å². The van der Waals surface area contributed by atoms with Crippen LogP contribution in [-0.4, -0.2) is 11.7 Å². The van der Waals surface area contributed by atoms with Gasteiger partial charge in [-0.1, -0.05) is 11.1 Å². The summed E-state index contributed by atoms with van der Waals surface area (Å²) in [6.07, 6.45) is 2.64. The van der Waals surface area contributed by atoms with Gasteiger partial charge in [0, 0.05) is 5.92 Å². The first-order valence-corrected chi connectivity index (χ1v) is 3.65. The minimum atomic E-state index is 0.375. The zero-order valence-corrected chi connectivity index (χ0v) is 5.72. The Morgan fingerprint density at radius 1 is 1.67 bits per heavy atom. The van der Waals surface area contributed by atoms with Crippen molar-refractivity contribution in [3.63, 3.8) is 0 Å². The van der Waals surface area contributed by atoms with Gasteiger partial charge in [-0.05, 0) is 25.7 Å². The standard InChI is InChI=1S/C8H12O/c1-5-6-2-3-7(6)8(5)4-9/h7-9H,2-4H2,1H3. The number of hydrogen-bond donors (Lipinski definition) is 1. The molecule has 0 aromatic rings. The Hall–Kier alpha value is -0.300. The summed E-state index contributed by atoms with van der Waals surface area (Å²) >= 11 is 0. The molecule has 0 aliphatic heterocycles. The monoisotopic (exact) mass is 124 g/mol. The lowest BCUT2D eigenvalue weighted by molar-refractivity contribution is 0.152. The molecule has 2 atom stereocenters. The maximum atomic E-state index is 8.84. The first kappa shape index (κ1) is 5.48. The van der Waals surface area contributed by atoms with E-state index in [-0.39, 0.29) is 0 Å². The number of hydrogen-bond acceptors (Lipinski definition) is 1. The van der Waals surface area contributed by atoms with Gasteiger partial charge in [0.15, 0.2) is 0 Å². The van der Waals surface area contributed by atoms with Crippen molar-refractivity contribution in [2.45, 2.75) is 19.8 Å². The molecule has 0 amide bonds. The van der Waals surface area contributed by atoms with Gasteiger partial charge < -0.3 is 5.11 Å². The van der Waals surface area contributed by atoms with E-state index in [1.165, 1.54) is 18.4 Å². The van der Waals surface area contributed by atoms with Gasteiger partial charge in [0.1, 0.15) is 0 Å². The molecule has 1 fully saturated rings. The smallest absolute Gasteiger partial charge is 0.0502 e. The van der Waals surface area contributed by atoms with Crippen LogP contribution in [-0.2, 0) is 0 Å². The minimum absolute atomic E-state index is 0.375. The van der Waals surface area contributed by atoms with Gasteiger partial charge in [-0.15, -0.1) is 0 Å². The van der Waals surface area contributed by atoms with Crippen LogP contribution in [0.15, 0.2) is 11.1 Å². The van der Waals surface area contributed by atoms with Crippen LogP contribution in [0.25, 0.3) is 0 Å². The fourth-order valence-corrected chi connectivity index (χ4v) is 2.10. The summed E-state index contributed by atoms with van der Waals surface area (Å²) in [6, 6.07) is 0. The van der Waals surface area contributed by atoms with Crippen LogP contribution in [0.5, 0.6) is 0 Å². The highest BCUT2D eigenvalue weighted by atomic mass is 16.3. The van der Waals surface area contributed by atoms with Crippen LogP contribution in [0, 0.1) is 11.8 Å². The molecule has 1 heteroatoms. The molecular weight excluding hydrogens is 112 g/mol. The molecule has 9 heavy (non-hydrogen) atoms. The van der Waals surface area contributed by atoms with Crippen molar-refractivity contribution in [3.8, 4) is 0 Å². The first-order chi connectivity index (χ1) is 4.34. The zero-order chi connectivity index (χ0) is 6.43. The normalized spacial score (nSPS) is 39.3. The number of allylic oxidation sites excluding steroid dienone is 1. The second kappa shape index (κ2) is 1.60. The zero-order valence-electron chi connectivity index (χ0n) is 5.72. The molecule has 1 nitrogen and oxygen atoms in total. The Morgan fingerprint density at radius 2 is 2.44 bits per heavy atom. The van der Waals surface area contributed by atoms with Gasteiger partial charge in [0.05, 0.1) is 6.61 Å². The molecule has 50 valence electrons. The Labute approximate surface area is 55.4 Å². The average molecular weight is 124 g/mol. The van der Waals surface area contributed by atoms with Gasteiger partial charge in [-0.2, -0.15) is 0 Å². The predicted molar refractivity (Wildman–Crippen MR) is 36.0 cm³/mol. The molecule has 1 saturated carbocycles. The number of aliphatic hydroxyl groups excluding tert-OH is 1. The lowest BCUT2D eigenvalue weighted by Crippen LogP contribution is -2.38. The topological polar surface area (TPSA) is 20.2 Å². The van der Waals surface area contributed by atoms with Crippen LogP contribution in [0.2, 0.25) is 0 Å². The minimum Gasteiger partial charge on any atom is -0.396 e. The summed E-state index contributed by atoms with van der Waals surface area (Å²) in [6.45, 7) is 2.53. The molecule has 0 radical (unpaired) electrons. The Balaban J connectivity index is 2.17. The van der Waals surface area contributed by atoms with Crippen molar-refractivity contribution < 1.29 is 5.11 Å². The van der Waals surface area contributed by atoms with Crippen molar-refractivity contribution in [2.24, 2.45) is 11.8 Å². The molecule has 2 aliphatic carbocycles. The van der Waals surface area contributed by atoms with Crippen molar-refractivity contribution in [1.82, 2.24) is 0 Å². The van der Waals surface area contributed by atoms with E-state index in [4.69, 9.17) is 5.11 Å². The predicted octanol–water partition coefficient (Wildman–Crippen LogP) is 1.33. The van der Waals surface area contributed by atoms with Crippen LogP contribution < -0.4 is 0 Å². The fraction of sp³-hybridized carbons (Fsp3) is 0.750. The molecule has 0 aromatic heterocycles. The highest BCUT2D eigenvalue weighted by Crippen LogP contribution is 2.52. The van der Waals surface area contributed by atoms with Crippen LogP contribution in [0.1, 0.15) is 19.8 Å². The van der Waals surface area contributed by atoms with E-state index < -0.39 is 0 Å². The largest absolute Gasteiger partial charge is 0.396 e. The third kappa shape index (κ3) is 0.485. The molecular formula is C8H12O. The summed E-state index contributed by atoms with van der Waals surface area (Å²) in [4.78, 5) is 0. The number of aliphatic hydroxyl groups is 1. The first-order valence-electron chi connectivity index (χ1n) is 3.65. The van der Waals surface area contributed by atoms with Crippen molar-refractivity contribution in [3.05, 3.63) is 11.1 Å². The van der Waals surface area contributed by atoms with Gasteiger partial charge in [-0.3, -0.25) is 0 Å². The highest BCUT2D eigenvalue weighted by molar-refractivity contribution is 5.36. The second-order valence-corrected chi connectivity index (χ2v) is 3.14. The van der Waals surface area contributed by atoms with Crippen molar-refractivity contribution >= 4 is 0 Å². The van der Waals surface area contributed by atoms with Crippen molar-refractivity contribution in [2.75, 3.05) is 6.61 Å².